The maximum absolute atomic E-state index is 10.6. The van der Waals surface area contributed by atoms with E-state index < -0.39 is 44.5 Å². The number of carboxylic acid groups (broad SMARTS) is 1. The summed E-state index contributed by atoms with van der Waals surface area (Å²) in [6.07, 6.45) is -10.3. The molecule has 0 bridgehead atoms. The summed E-state index contributed by atoms with van der Waals surface area (Å²) in [5.74, 6) is -1.72. The van der Waals surface area contributed by atoms with Crippen molar-refractivity contribution in [2.24, 2.45) is 0 Å². The summed E-state index contributed by atoms with van der Waals surface area (Å²) < 4.78 is 18.4. The van der Waals surface area contributed by atoms with Crippen molar-refractivity contribution >= 4 is 13.8 Å². The molecular formula is C6H9Li2O10P. The van der Waals surface area contributed by atoms with Crippen molar-refractivity contribution in [3.05, 3.63) is 0 Å². The van der Waals surface area contributed by atoms with Gasteiger partial charge in [0, 0.05) is 0 Å². The molecule has 1 saturated heterocycles. The molecule has 1 fully saturated rings. The molecule has 1 rings (SSSR count). The molecule has 0 aliphatic carbocycles. The number of hydrogen-bond donors (Lipinski definition) is 4. The summed E-state index contributed by atoms with van der Waals surface area (Å²) in [5.41, 5.74) is 0. The average Bonchev–Trinajstić information content (AvgIpc) is 2.16. The predicted octanol–water partition coefficient (Wildman–Crippen LogP) is -10.3. The molecule has 0 aromatic heterocycles. The number of phosphoric ester groups is 1. The second-order valence-corrected chi connectivity index (χ2v) is 4.39. The number of aliphatic hydroxyl groups is 3. The van der Waals surface area contributed by atoms with Crippen LogP contribution in [0.2, 0.25) is 0 Å². The van der Waals surface area contributed by atoms with Gasteiger partial charge in [0.15, 0.2) is 12.4 Å². The van der Waals surface area contributed by atoms with Crippen LogP contribution >= 0.6 is 7.82 Å². The fourth-order valence-corrected chi connectivity index (χ4v) is 1.70. The maximum atomic E-state index is 10.6. The molecule has 1 aliphatic heterocycles. The van der Waals surface area contributed by atoms with Gasteiger partial charge in [0.2, 0.25) is 0 Å². The van der Waals surface area contributed by atoms with Gasteiger partial charge in [0.25, 0.3) is 0 Å². The Morgan fingerprint density at radius 2 is 1.58 bits per heavy atom. The van der Waals surface area contributed by atoms with E-state index in [2.05, 4.69) is 9.26 Å². The van der Waals surface area contributed by atoms with Crippen molar-refractivity contribution in [2.45, 2.75) is 30.7 Å². The molecule has 5 atom stereocenters. The third-order valence-electron chi connectivity index (χ3n) is 2.05. The van der Waals surface area contributed by atoms with Gasteiger partial charge in [0.05, 0.1) is 7.82 Å². The Bertz CT molecular complexity index is 347. The normalized spacial score (nSPS) is 34.9. The Morgan fingerprint density at radius 3 is 1.95 bits per heavy atom. The largest absolute Gasteiger partial charge is 1.00 e. The summed E-state index contributed by atoms with van der Waals surface area (Å²) in [4.78, 5) is 31.1. The first-order valence-corrected chi connectivity index (χ1v) is 5.72. The van der Waals surface area contributed by atoms with Gasteiger partial charge in [-0.1, -0.05) is 0 Å². The summed E-state index contributed by atoms with van der Waals surface area (Å²) in [6.45, 7) is 0. The first kappa shape index (κ1) is 21.9. The smallest absolute Gasteiger partial charge is 0.790 e. The summed E-state index contributed by atoms with van der Waals surface area (Å²) in [5, 5.41) is 36.2. The van der Waals surface area contributed by atoms with Crippen LogP contribution < -0.4 is 47.5 Å². The molecule has 0 amide bonds. The minimum atomic E-state index is -5.55. The zero-order chi connectivity index (χ0) is 13.4. The monoisotopic (exact) mass is 286 g/mol. The molecule has 1 heterocycles. The fourth-order valence-electron chi connectivity index (χ4n) is 1.27. The topological polar surface area (TPSA) is 180 Å². The van der Waals surface area contributed by atoms with Crippen molar-refractivity contribution < 1.29 is 86.6 Å². The molecule has 13 heteroatoms. The van der Waals surface area contributed by atoms with Gasteiger partial charge in [-0.15, -0.1) is 0 Å². The SMILES string of the molecule is O=C(O)C1OC(OP(=O)([O-])[O-])C(O)C(O)C1O.[Li+].[Li+]. The van der Waals surface area contributed by atoms with Gasteiger partial charge < -0.3 is 44.0 Å². The number of ether oxygens (including phenoxy) is 1. The molecule has 0 saturated carbocycles. The minimum absolute atomic E-state index is 0. The molecule has 1 aliphatic rings. The Balaban J connectivity index is 0. The van der Waals surface area contributed by atoms with Crippen LogP contribution in [-0.2, 0) is 18.6 Å². The Hall–Kier alpha value is 0.615. The van der Waals surface area contributed by atoms with Crippen molar-refractivity contribution in [2.75, 3.05) is 0 Å². The molecule has 19 heavy (non-hydrogen) atoms. The molecule has 5 unspecified atom stereocenters. The van der Waals surface area contributed by atoms with Crippen molar-refractivity contribution in [3.63, 3.8) is 0 Å². The number of carbonyl (C=O) groups is 1. The first-order valence-electron chi connectivity index (χ1n) is 4.26. The number of phosphoric acid groups is 1. The number of aliphatic carboxylic acids is 1. The van der Waals surface area contributed by atoms with Crippen LogP contribution in [0.4, 0.5) is 0 Å². The van der Waals surface area contributed by atoms with Crippen LogP contribution in [0.15, 0.2) is 0 Å². The fraction of sp³-hybridized carbons (Fsp3) is 0.833. The van der Waals surface area contributed by atoms with Crippen LogP contribution in [-0.4, -0.2) is 57.1 Å². The van der Waals surface area contributed by atoms with E-state index in [9.17, 15) is 34.5 Å². The van der Waals surface area contributed by atoms with Gasteiger partial charge in [-0.3, -0.25) is 0 Å². The number of hydrogen-bond acceptors (Lipinski definition) is 9. The minimum Gasteiger partial charge on any atom is -0.790 e. The Morgan fingerprint density at radius 1 is 1.11 bits per heavy atom. The Kier molecular flexibility index (Phi) is 9.40. The third-order valence-corrected chi connectivity index (χ3v) is 2.51. The van der Waals surface area contributed by atoms with E-state index in [0.717, 1.165) is 0 Å². The maximum Gasteiger partial charge on any atom is 1.00 e. The van der Waals surface area contributed by atoms with Gasteiger partial charge in [0.1, 0.15) is 18.3 Å². The summed E-state index contributed by atoms with van der Waals surface area (Å²) in [7, 11) is -5.55. The van der Waals surface area contributed by atoms with E-state index in [1.165, 1.54) is 0 Å². The standard InChI is InChI=1S/C6H11O10P.2Li/c7-1-2(8)4(5(10)11)15-6(3(1)9)16-17(12,13)14;;/h1-4,6-9H,(H,10,11)(H2,12,13,14);;/q;2*+1/p-2. The zero-order valence-electron chi connectivity index (χ0n) is 10.1. The number of rotatable bonds is 3. The number of carboxylic acids is 1. The predicted molar refractivity (Wildman–Crippen MR) is 43.0 cm³/mol. The zero-order valence-corrected chi connectivity index (χ0v) is 11.0. The van der Waals surface area contributed by atoms with E-state index in [1.54, 1.807) is 0 Å². The van der Waals surface area contributed by atoms with Gasteiger partial charge >= 0.3 is 43.7 Å². The molecule has 10 nitrogen and oxygen atoms in total. The average molecular weight is 286 g/mol. The Labute approximate surface area is 131 Å². The quantitative estimate of drug-likeness (QED) is 0.287. The molecule has 0 spiro atoms. The summed E-state index contributed by atoms with van der Waals surface area (Å²) in [6, 6.07) is 0. The third kappa shape index (κ3) is 5.86. The molecule has 4 N–H and O–H groups in total. The molecule has 100 valence electrons. The van der Waals surface area contributed by atoms with E-state index in [4.69, 9.17) is 5.11 Å². The van der Waals surface area contributed by atoms with Gasteiger partial charge in [-0.25, -0.2) is 4.79 Å². The van der Waals surface area contributed by atoms with Crippen LogP contribution in [0.3, 0.4) is 0 Å². The van der Waals surface area contributed by atoms with Crippen molar-refractivity contribution in [3.8, 4) is 0 Å². The molecule has 0 aromatic carbocycles. The van der Waals surface area contributed by atoms with Gasteiger partial charge in [-0.05, 0) is 0 Å². The van der Waals surface area contributed by atoms with Gasteiger partial charge in [-0.2, -0.15) is 0 Å². The molecule has 0 radical (unpaired) electrons. The van der Waals surface area contributed by atoms with Crippen LogP contribution in [0.1, 0.15) is 0 Å². The molecule has 0 aromatic rings. The van der Waals surface area contributed by atoms with Crippen LogP contribution in [0.5, 0.6) is 0 Å². The number of aliphatic hydroxyl groups excluding tert-OH is 3. The second-order valence-electron chi connectivity index (χ2n) is 3.29. The second kappa shape index (κ2) is 8.15. The van der Waals surface area contributed by atoms with Crippen LogP contribution in [0, 0.1) is 0 Å². The van der Waals surface area contributed by atoms with E-state index >= 15 is 0 Å². The first-order chi connectivity index (χ1) is 7.63. The molecular weight excluding hydrogens is 277 g/mol. The van der Waals surface area contributed by atoms with Crippen LogP contribution in [0.25, 0.3) is 0 Å². The van der Waals surface area contributed by atoms with E-state index in [1.807, 2.05) is 0 Å². The summed E-state index contributed by atoms with van der Waals surface area (Å²) >= 11 is 0. The van der Waals surface area contributed by atoms with E-state index in [-0.39, 0.29) is 37.7 Å². The van der Waals surface area contributed by atoms with Crippen molar-refractivity contribution in [1.29, 1.82) is 0 Å². The van der Waals surface area contributed by atoms with Crippen molar-refractivity contribution in [1.82, 2.24) is 0 Å². The van der Waals surface area contributed by atoms with E-state index in [0.29, 0.717) is 0 Å².